The summed E-state index contributed by atoms with van der Waals surface area (Å²) in [7, 11) is -3.01. The zero-order chi connectivity index (χ0) is 14.5. The van der Waals surface area contributed by atoms with E-state index in [1.54, 1.807) is 6.07 Å². The van der Waals surface area contributed by atoms with Crippen LogP contribution in [0.3, 0.4) is 0 Å². The van der Waals surface area contributed by atoms with Crippen molar-refractivity contribution in [1.29, 1.82) is 0 Å². The molecule has 0 amide bonds. The molecule has 0 aliphatic carbocycles. The summed E-state index contributed by atoms with van der Waals surface area (Å²) in [6.07, 6.45) is 0.631. The van der Waals surface area contributed by atoms with E-state index in [1.165, 1.54) is 0 Å². The molecule has 0 radical (unpaired) electrons. The molecule has 0 heterocycles. The van der Waals surface area contributed by atoms with Gasteiger partial charge < -0.3 is 10.5 Å². The van der Waals surface area contributed by atoms with Crippen LogP contribution in [0.15, 0.2) is 22.7 Å². The van der Waals surface area contributed by atoms with Gasteiger partial charge in [-0.25, -0.2) is 8.42 Å². The van der Waals surface area contributed by atoms with Crippen LogP contribution < -0.4 is 10.5 Å². The molecule has 1 aromatic rings. The third-order valence-corrected chi connectivity index (χ3v) is 4.94. The molecule has 4 nitrogen and oxygen atoms in total. The van der Waals surface area contributed by atoms with E-state index in [2.05, 4.69) is 15.9 Å². The van der Waals surface area contributed by atoms with Crippen LogP contribution >= 0.6 is 15.9 Å². The molecular formula is C13H20BrNO3S. The Hall–Kier alpha value is -0.590. The zero-order valence-corrected chi connectivity index (χ0v) is 13.6. The number of sulfone groups is 1. The Labute approximate surface area is 123 Å². The van der Waals surface area contributed by atoms with Crippen LogP contribution in [0, 0.1) is 0 Å². The quantitative estimate of drug-likeness (QED) is 0.821. The van der Waals surface area contributed by atoms with Crippen molar-refractivity contribution in [2.45, 2.75) is 26.3 Å². The second kappa shape index (κ2) is 7.26. The van der Waals surface area contributed by atoms with Crippen molar-refractivity contribution in [3.05, 3.63) is 28.2 Å². The molecule has 2 N–H and O–H groups in total. The number of ether oxygens (including phenoxy) is 1. The van der Waals surface area contributed by atoms with Gasteiger partial charge in [-0.15, -0.1) is 0 Å². The molecule has 0 aliphatic heterocycles. The van der Waals surface area contributed by atoms with Gasteiger partial charge in [0.15, 0.2) is 9.84 Å². The van der Waals surface area contributed by atoms with Crippen molar-refractivity contribution < 1.29 is 13.2 Å². The van der Waals surface area contributed by atoms with Crippen LogP contribution in [0.25, 0.3) is 0 Å². The highest BCUT2D eigenvalue weighted by atomic mass is 79.9. The fourth-order valence-corrected chi connectivity index (χ4v) is 3.24. The van der Waals surface area contributed by atoms with E-state index >= 15 is 0 Å². The maximum absolute atomic E-state index is 11.6. The van der Waals surface area contributed by atoms with Gasteiger partial charge in [-0.2, -0.15) is 0 Å². The Kier molecular flexibility index (Phi) is 6.29. The summed E-state index contributed by atoms with van der Waals surface area (Å²) in [5, 5.41) is 0. The monoisotopic (exact) mass is 349 g/mol. The first-order chi connectivity index (χ1) is 8.85. The van der Waals surface area contributed by atoms with Gasteiger partial charge in [0.25, 0.3) is 0 Å². The first-order valence-corrected chi connectivity index (χ1v) is 8.85. The van der Waals surface area contributed by atoms with Crippen molar-refractivity contribution >= 4 is 25.8 Å². The smallest absolute Gasteiger partial charge is 0.153 e. The molecule has 1 aromatic carbocycles. The Balaban J connectivity index is 2.68. The number of rotatable bonds is 7. The molecule has 0 unspecified atom stereocenters. The predicted molar refractivity (Wildman–Crippen MR) is 81.2 cm³/mol. The van der Waals surface area contributed by atoms with Crippen LogP contribution in [0.2, 0.25) is 0 Å². The standard InChI is InChI=1S/C13H20BrNO3S/c1-3-7-19(16,17)8-6-18-13-5-4-11(14)9-12(13)10(2)15/h4-5,9-10H,3,6-8,15H2,1-2H3/t10-/m1/s1. The highest BCUT2D eigenvalue weighted by Gasteiger charge is 2.12. The third kappa shape index (κ3) is 5.50. The van der Waals surface area contributed by atoms with Crippen LogP contribution in [-0.4, -0.2) is 26.5 Å². The maximum Gasteiger partial charge on any atom is 0.153 e. The summed E-state index contributed by atoms with van der Waals surface area (Å²) < 4.78 is 29.6. The van der Waals surface area contributed by atoms with Crippen LogP contribution in [0.1, 0.15) is 31.9 Å². The molecule has 1 rings (SSSR count). The summed E-state index contributed by atoms with van der Waals surface area (Å²) in [6.45, 7) is 3.87. The largest absolute Gasteiger partial charge is 0.492 e. The summed E-state index contributed by atoms with van der Waals surface area (Å²) in [4.78, 5) is 0. The zero-order valence-electron chi connectivity index (χ0n) is 11.2. The lowest BCUT2D eigenvalue weighted by Crippen LogP contribution is -2.17. The van der Waals surface area contributed by atoms with Crippen molar-refractivity contribution in [2.75, 3.05) is 18.1 Å². The van der Waals surface area contributed by atoms with Crippen LogP contribution in [-0.2, 0) is 9.84 Å². The van der Waals surface area contributed by atoms with E-state index in [0.717, 1.165) is 10.0 Å². The highest BCUT2D eigenvalue weighted by Crippen LogP contribution is 2.27. The van der Waals surface area contributed by atoms with Crippen molar-refractivity contribution in [1.82, 2.24) is 0 Å². The minimum Gasteiger partial charge on any atom is -0.492 e. The molecule has 108 valence electrons. The number of hydrogen-bond donors (Lipinski definition) is 1. The van der Waals surface area contributed by atoms with E-state index in [1.807, 2.05) is 26.0 Å². The Bertz CT molecular complexity index is 515. The van der Waals surface area contributed by atoms with Crippen LogP contribution in [0.4, 0.5) is 0 Å². The summed E-state index contributed by atoms with van der Waals surface area (Å²) >= 11 is 3.38. The van der Waals surface area contributed by atoms with E-state index < -0.39 is 9.84 Å². The molecular weight excluding hydrogens is 330 g/mol. The lowest BCUT2D eigenvalue weighted by atomic mass is 10.1. The van der Waals surface area contributed by atoms with Gasteiger partial charge in [-0.1, -0.05) is 22.9 Å². The SMILES string of the molecule is CCCS(=O)(=O)CCOc1ccc(Br)cc1[C@@H](C)N. The van der Waals surface area contributed by atoms with E-state index in [4.69, 9.17) is 10.5 Å². The molecule has 6 heteroatoms. The van der Waals surface area contributed by atoms with Crippen molar-refractivity contribution in [3.8, 4) is 5.75 Å². The Morgan fingerprint density at radius 3 is 2.63 bits per heavy atom. The maximum atomic E-state index is 11.6. The Morgan fingerprint density at radius 2 is 2.05 bits per heavy atom. The summed E-state index contributed by atoms with van der Waals surface area (Å²) in [5.41, 5.74) is 6.73. The Morgan fingerprint density at radius 1 is 1.37 bits per heavy atom. The van der Waals surface area contributed by atoms with E-state index in [0.29, 0.717) is 12.2 Å². The lowest BCUT2D eigenvalue weighted by molar-refractivity contribution is 0.335. The number of benzene rings is 1. The first-order valence-electron chi connectivity index (χ1n) is 6.24. The molecule has 0 bridgehead atoms. The average Bonchev–Trinajstić information content (AvgIpc) is 2.30. The van der Waals surface area contributed by atoms with Gasteiger partial charge in [0.05, 0.1) is 11.5 Å². The summed E-state index contributed by atoms with van der Waals surface area (Å²) in [6, 6.07) is 5.37. The first kappa shape index (κ1) is 16.5. The second-order valence-electron chi connectivity index (χ2n) is 4.47. The molecule has 0 saturated heterocycles. The van der Waals surface area contributed by atoms with Gasteiger partial charge >= 0.3 is 0 Å². The van der Waals surface area contributed by atoms with E-state index in [9.17, 15) is 8.42 Å². The number of nitrogens with two attached hydrogens (primary N) is 1. The van der Waals surface area contributed by atoms with E-state index in [-0.39, 0.29) is 24.2 Å². The fourth-order valence-electron chi connectivity index (χ4n) is 1.70. The van der Waals surface area contributed by atoms with Gasteiger partial charge in [-0.05, 0) is 31.5 Å². The fraction of sp³-hybridized carbons (Fsp3) is 0.538. The summed E-state index contributed by atoms with van der Waals surface area (Å²) in [5.74, 6) is 0.886. The van der Waals surface area contributed by atoms with Crippen LogP contribution in [0.5, 0.6) is 5.75 Å². The molecule has 0 aromatic heterocycles. The molecule has 0 spiro atoms. The van der Waals surface area contributed by atoms with Gasteiger partial charge in [0, 0.05) is 16.1 Å². The molecule has 0 aliphatic rings. The van der Waals surface area contributed by atoms with Gasteiger partial charge in [0.1, 0.15) is 12.4 Å². The number of hydrogen-bond acceptors (Lipinski definition) is 4. The molecule has 0 fully saturated rings. The highest BCUT2D eigenvalue weighted by molar-refractivity contribution is 9.10. The molecule has 1 atom stereocenters. The van der Waals surface area contributed by atoms with Gasteiger partial charge in [0.2, 0.25) is 0 Å². The predicted octanol–water partition coefficient (Wildman–Crippen LogP) is 2.67. The lowest BCUT2D eigenvalue weighted by Gasteiger charge is -2.14. The average molecular weight is 350 g/mol. The molecule has 19 heavy (non-hydrogen) atoms. The van der Waals surface area contributed by atoms with Crippen molar-refractivity contribution in [3.63, 3.8) is 0 Å². The minimum absolute atomic E-state index is 0.0370. The molecule has 0 saturated carbocycles. The minimum atomic E-state index is -3.01. The topological polar surface area (TPSA) is 69.4 Å². The number of halogens is 1. The van der Waals surface area contributed by atoms with Gasteiger partial charge in [-0.3, -0.25) is 0 Å². The third-order valence-electron chi connectivity index (χ3n) is 2.63. The second-order valence-corrected chi connectivity index (χ2v) is 7.69. The normalized spacial score (nSPS) is 13.3. The van der Waals surface area contributed by atoms with Crippen molar-refractivity contribution in [2.24, 2.45) is 5.73 Å².